The Morgan fingerprint density at radius 1 is 1.50 bits per heavy atom. The number of nitrogens with two attached hydrogens (primary N) is 1. The maximum atomic E-state index is 12.1. The summed E-state index contributed by atoms with van der Waals surface area (Å²) in [5, 5.41) is 8.52. The molecule has 0 bridgehead atoms. The molecule has 0 aliphatic heterocycles. The van der Waals surface area contributed by atoms with Crippen LogP contribution < -0.4 is 10.5 Å². The Hall–Kier alpha value is -1.73. The lowest BCUT2D eigenvalue weighted by molar-refractivity contribution is -0.275. The van der Waals surface area contributed by atoms with Crippen molar-refractivity contribution in [3.8, 4) is 11.8 Å². The van der Waals surface area contributed by atoms with Gasteiger partial charge >= 0.3 is 6.36 Å². The van der Waals surface area contributed by atoms with Crippen LogP contribution >= 0.6 is 10.7 Å². The number of nitriles is 1. The lowest BCUT2D eigenvalue weighted by Crippen LogP contribution is -2.20. The molecule has 0 spiro atoms. The van der Waals surface area contributed by atoms with E-state index in [1.807, 2.05) is 0 Å². The fourth-order valence-electron chi connectivity index (χ4n) is 0.975. The van der Waals surface area contributed by atoms with Crippen LogP contribution in [0.1, 0.15) is 5.69 Å². The highest BCUT2D eigenvalue weighted by atomic mass is 35.7. The maximum absolute atomic E-state index is 12.1. The highest BCUT2D eigenvalue weighted by Gasteiger charge is 2.36. The van der Waals surface area contributed by atoms with E-state index in [4.69, 9.17) is 21.7 Å². The molecule has 0 saturated heterocycles. The number of hydrogen-bond donors (Lipinski definition) is 1. The zero-order valence-corrected chi connectivity index (χ0v) is 9.77. The van der Waals surface area contributed by atoms with Crippen LogP contribution in [0.5, 0.6) is 5.75 Å². The number of pyridine rings is 1. The van der Waals surface area contributed by atoms with Crippen molar-refractivity contribution in [1.29, 1.82) is 5.26 Å². The highest BCUT2D eigenvalue weighted by molar-refractivity contribution is 8.13. The molecule has 0 unspecified atom stereocenters. The second-order valence-electron chi connectivity index (χ2n) is 2.81. The van der Waals surface area contributed by atoms with Crippen molar-refractivity contribution < 1.29 is 26.3 Å². The zero-order valence-electron chi connectivity index (χ0n) is 8.19. The van der Waals surface area contributed by atoms with Gasteiger partial charge in [-0.2, -0.15) is 5.26 Å². The van der Waals surface area contributed by atoms with Crippen molar-refractivity contribution in [3.05, 3.63) is 11.9 Å². The van der Waals surface area contributed by atoms with Gasteiger partial charge in [-0.25, -0.2) is 13.4 Å². The van der Waals surface area contributed by atoms with Crippen LogP contribution in [0.4, 0.5) is 18.9 Å². The van der Waals surface area contributed by atoms with E-state index < -0.39 is 37.4 Å². The second-order valence-corrected chi connectivity index (χ2v) is 5.35. The summed E-state index contributed by atoms with van der Waals surface area (Å²) in [5.74, 6) is -1.27. The normalized spacial score (nSPS) is 11.9. The summed E-state index contributed by atoms with van der Waals surface area (Å²) in [6.45, 7) is 0. The first-order valence-electron chi connectivity index (χ1n) is 3.95. The predicted octanol–water partition coefficient (Wildman–Crippen LogP) is 1.36. The van der Waals surface area contributed by atoms with E-state index in [1.54, 1.807) is 0 Å². The third-order valence-electron chi connectivity index (χ3n) is 1.62. The van der Waals surface area contributed by atoms with Crippen LogP contribution in [-0.4, -0.2) is 19.8 Å². The van der Waals surface area contributed by atoms with Gasteiger partial charge < -0.3 is 10.5 Å². The molecule has 1 aromatic rings. The summed E-state index contributed by atoms with van der Waals surface area (Å²) in [6.07, 6.45) is -4.74. The van der Waals surface area contributed by atoms with Gasteiger partial charge in [-0.05, 0) is 0 Å². The molecule has 0 amide bonds. The molecule has 1 aromatic heterocycles. The van der Waals surface area contributed by atoms with Gasteiger partial charge in [0.05, 0.1) is 6.20 Å². The van der Waals surface area contributed by atoms with Crippen molar-refractivity contribution in [1.82, 2.24) is 4.98 Å². The van der Waals surface area contributed by atoms with Gasteiger partial charge in [-0.3, -0.25) is 0 Å². The van der Waals surface area contributed by atoms with Gasteiger partial charge in [0.2, 0.25) is 0 Å². The molecule has 18 heavy (non-hydrogen) atoms. The molecule has 0 aromatic carbocycles. The van der Waals surface area contributed by atoms with E-state index in [2.05, 4.69) is 9.72 Å². The third kappa shape index (κ3) is 3.14. The van der Waals surface area contributed by atoms with Crippen molar-refractivity contribution >= 4 is 25.4 Å². The molecule has 6 nitrogen and oxygen atoms in total. The molecule has 1 rings (SSSR count). The average Bonchev–Trinajstić information content (AvgIpc) is 2.17. The van der Waals surface area contributed by atoms with Crippen molar-refractivity contribution in [2.45, 2.75) is 11.3 Å². The Morgan fingerprint density at radius 2 is 2.06 bits per heavy atom. The van der Waals surface area contributed by atoms with Crippen LogP contribution in [0.2, 0.25) is 0 Å². The minimum Gasteiger partial charge on any atom is -0.402 e. The number of nitrogen functional groups attached to an aromatic ring is 1. The van der Waals surface area contributed by atoms with Gasteiger partial charge in [0.1, 0.15) is 16.7 Å². The van der Waals surface area contributed by atoms with E-state index >= 15 is 0 Å². The molecular weight excluding hydrogens is 299 g/mol. The number of ether oxygens (including phenoxy) is 1. The first-order chi connectivity index (χ1) is 8.06. The van der Waals surface area contributed by atoms with Crippen LogP contribution in [-0.2, 0) is 9.05 Å². The predicted molar refractivity (Wildman–Crippen MR) is 53.1 cm³/mol. The largest absolute Gasteiger partial charge is 0.573 e. The van der Waals surface area contributed by atoms with E-state index in [0.29, 0.717) is 6.20 Å². The van der Waals surface area contributed by atoms with E-state index in [1.165, 1.54) is 6.07 Å². The standard InChI is InChI=1S/C7H3ClF3N3O3S/c8-18(15,16)4-2-14-3(1-12)5(13)6(4)17-7(9,10)11/h2H,13H2. The van der Waals surface area contributed by atoms with E-state index in [-0.39, 0.29) is 0 Å². The molecule has 2 N–H and O–H groups in total. The number of aromatic nitrogens is 1. The summed E-state index contributed by atoms with van der Waals surface area (Å²) in [7, 11) is 0.348. The Labute approximate surface area is 103 Å². The highest BCUT2D eigenvalue weighted by Crippen LogP contribution is 2.37. The molecular formula is C7H3ClF3N3O3S. The van der Waals surface area contributed by atoms with Gasteiger partial charge in [-0.15, -0.1) is 13.2 Å². The van der Waals surface area contributed by atoms with Crippen LogP contribution in [0.25, 0.3) is 0 Å². The fourth-order valence-corrected chi connectivity index (χ4v) is 1.86. The molecule has 0 aliphatic carbocycles. The van der Waals surface area contributed by atoms with Gasteiger partial charge in [0.15, 0.2) is 11.4 Å². The minimum absolute atomic E-state index is 0.457. The molecule has 11 heteroatoms. The zero-order chi connectivity index (χ0) is 14.1. The average molecular weight is 302 g/mol. The first-order valence-corrected chi connectivity index (χ1v) is 6.26. The number of halogens is 4. The topological polar surface area (TPSA) is 106 Å². The van der Waals surface area contributed by atoms with E-state index in [0.717, 1.165) is 0 Å². The summed E-state index contributed by atoms with van der Waals surface area (Å²) in [6, 6.07) is 1.38. The Kier molecular flexibility index (Phi) is 3.59. The third-order valence-corrected chi connectivity index (χ3v) is 2.94. The number of nitrogens with zero attached hydrogens (tertiary/aromatic N) is 2. The molecule has 98 valence electrons. The summed E-state index contributed by atoms with van der Waals surface area (Å²) < 4.78 is 61.8. The van der Waals surface area contributed by atoms with Crippen LogP contribution in [0.3, 0.4) is 0 Å². The van der Waals surface area contributed by atoms with Crippen molar-refractivity contribution in [2.24, 2.45) is 0 Å². The molecule has 0 atom stereocenters. The molecule has 1 heterocycles. The number of alkyl halides is 3. The fraction of sp³-hybridized carbons (Fsp3) is 0.143. The van der Waals surface area contributed by atoms with Gasteiger partial charge in [0.25, 0.3) is 9.05 Å². The number of rotatable bonds is 2. The number of hydrogen-bond acceptors (Lipinski definition) is 6. The van der Waals surface area contributed by atoms with Gasteiger partial charge in [0, 0.05) is 10.7 Å². The smallest absolute Gasteiger partial charge is 0.402 e. The van der Waals surface area contributed by atoms with E-state index in [9.17, 15) is 21.6 Å². The summed E-state index contributed by atoms with van der Waals surface area (Å²) in [4.78, 5) is 2.19. The lowest BCUT2D eigenvalue weighted by Gasteiger charge is -2.13. The van der Waals surface area contributed by atoms with Crippen molar-refractivity contribution in [2.75, 3.05) is 5.73 Å². The summed E-state index contributed by atoms with van der Waals surface area (Å²) in [5.41, 5.74) is 3.69. The Bertz CT molecular complexity index is 623. The second kappa shape index (κ2) is 4.51. The first kappa shape index (κ1) is 14.3. The SMILES string of the molecule is N#Cc1ncc(S(=O)(=O)Cl)c(OC(F)(F)F)c1N. The summed E-state index contributed by atoms with van der Waals surface area (Å²) >= 11 is 0. The Balaban J connectivity index is 3.57. The lowest BCUT2D eigenvalue weighted by atomic mass is 10.3. The molecule has 0 fully saturated rings. The maximum Gasteiger partial charge on any atom is 0.573 e. The van der Waals surface area contributed by atoms with Gasteiger partial charge in [-0.1, -0.05) is 0 Å². The van der Waals surface area contributed by atoms with Crippen LogP contribution in [0.15, 0.2) is 11.1 Å². The van der Waals surface area contributed by atoms with Crippen LogP contribution in [0, 0.1) is 11.3 Å². The quantitative estimate of drug-likeness (QED) is 0.827. The Morgan fingerprint density at radius 3 is 2.44 bits per heavy atom. The molecule has 0 radical (unpaired) electrons. The monoisotopic (exact) mass is 301 g/mol. The molecule has 0 aliphatic rings. The number of anilines is 1. The minimum atomic E-state index is -5.20. The van der Waals surface area contributed by atoms with Crippen molar-refractivity contribution in [3.63, 3.8) is 0 Å². The molecule has 0 saturated carbocycles.